The normalized spacial score (nSPS) is 17.3. The molecule has 0 bridgehead atoms. The highest BCUT2D eigenvalue weighted by atomic mass is 16.2. The topological polar surface area (TPSA) is 81.3 Å². The average molecular weight is 307 g/mol. The first-order valence-electron chi connectivity index (χ1n) is 7.94. The summed E-state index contributed by atoms with van der Waals surface area (Å²) in [5.41, 5.74) is -0.195. The van der Waals surface area contributed by atoms with E-state index in [4.69, 9.17) is 0 Å². The van der Waals surface area contributed by atoms with Gasteiger partial charge in [0.1, 0.15) is 5.82 Å². The van der Waals surface area contributed by atoms with Crippen LogP contribution in [0.25, 0.3) is 0 Å². The Kier molecular flexibility index (Phi) is 5.94. The number of carbonyl (C=O) groups is 1. The van der Waals surface area contributed by atoms with E-state index in [2.05, 4.69) is 32.2 Å². The van der Waals surface area contributed by atoms with Gasteiger partial charge < -0.3 is 10.2 Å². The number of piperazine rings is 1. The predicted molar refractivity (Wildman–Crippen MR) is 86.0 cm³/mol. The van der Waals surface area contributed by atoms with Gasteiger partial charge in [-0.25, -0.2) is 5.10 Å². The number of anilines is 1. The van der Waals surface area contributed by atoms with Crippen molar-refractivity contribution in [3.05, 3.63) is 22.5 Å². The fourth-order valence-electron chi connectivity index (χ4n) is 2.55. The summed E-state index contributed by atoms with van der Waals surface area (Å²) in [5.74, 6) is 0.878. The molecule has 122 valence electrons. The molecule has 1 aromatic rings. The Labute approximate surface area is 130 Å². The number of nitrogens with one attached hydrogen (secondary N) is 2. The quantitative estimate of drug-likeness (QED) is 0.734. The van der Waals surface area contributed by atoms with Crippen molar-refractivity contribution in [1.29, 1.82) is 0 Å². The Hall–Kier alpha value is -1.89. The molecule has 0 saturated carbocycles. The van der Waals surface area contributed by atoms with Gasteiger partial charge in [0.25, 0.3) is 5.56 Å². The first kappa shape index (κ1) is 16.5. The highest BCUT2D eigenvalue weighted by Gasteiger charge is 2.25. The zero-order valence-corrected chi connectivity index (χ0v) is 13.3. The van der Waals surface area contributed by atoms with Crippen LogP contribution in [0.1, 0.15) is 26.7 Å². The minimum atomic E-state index is -0.195. The van der Waals surface area contributed by atoms with Crippen molar-refractivity contribution in [1.82, 2.24) is 20.4 Å². The van der Waals surface area contributed by atoms with E-state index in [1.165, 1.54) is 6.07 Å². The molecule has 1 aliphatic rings. The largest absolute Gasteiger partial charge is 0.355 e. The van der Waals surface area contributed by atoms with E-state index in [1.54, 1.807) is 6.07 Å². The molecule has 1 saturated heterocycles. The van der Waals surface area contributed by atoms with Crippen molar-refractivity contribution in [3.63, 3.8) is 0 Å². The van der Waals surface area contributed by atoms with Crippen LogP contribution in [0, 0.1) is 0 Å². The SMILES string of the molecule is CCCCNC(=O)C(C)N1CCN(c2ccc(=O)[nH]n2)CC1. The fraction of sp³-hybridized carbons (Fsp3) is 0.667. The van der Waals surface area contributed by atoms with Gasteiger partial charge in [-0.2, -0.15) is 5.10 Å². The number of amides is 1. The Bertz CT molecular complexity index is 516. The van der Waals surface area contributed by atoms with Gasteiger partial charge in [0, 0.05) is 38.8 Å². The molecule has 1 unspecified atom stereocenters. The summed E-state index contributed by atoms with van der Waals surface area (Å²) < 4.78 is 0. The van der Waals surface area contributed by atoms with E-state index in [-0.39, 0.29) is 17.5 Å². The van der Waals surface area contributed by atoms with Crippen molar-refractivity contribution in [2.24, 2.45) is 0 Å². The Balaban J connectivity index is 1.82. The molecule has 1 atom stereocenters. The molecular weight excluding hydrogens is 282 g/mol. The smallest absolute Gasteiger partial charge is 0.264 e. The number of nitrogens with zero attached hydrogens (tertiary/aromatic N) is 3. The second kappa shape index (κ2) is 7.93. The molecule has 1 aliphatic heterocycles. The predicted octanol–water partition coefficient (Wildman–Crippen LogP) is 0.197. The van der Waals surface area contributed by atoms with Crippen LogP contribution in [0.15, 0.2) is 16.9 Å². The van der Waals surface area contributed by atoms with Crippen LogP contribution in [-0.4, -0.2) is 59.8 Å². The lowest BCUT2D eigenvalue weighted by Gasteiger charge is -2.37. The second-order valence-corrected chi connectivity index (χ2v) is 5.62. The van der Waals surface area contributed by atoms with Gasteiger partial charge in [-0.15, -0.1) is 0 Å². The number of carbonyl (C=O) groups excluding carboxylic acids is 1. The van der Waals surface area contributed by atoms with Gasteiger partial charge in [-0.3, -0.25) is 14.5 Å². The zero-order chi connectivity index (χ0) is 15.9. The fourth-order valence-corrected chi connectivity index (χ4v) is 2.55. The molecule has 2 N–H and O–H groups in total. The third kappa shape index (κ3) is 4.30. The summed E-state index contributed by atoms with van der Waals surface area (Å²) in [6.45, 7) is 8.03. The maximum Gasteiger partial charge on any atom is 0.264 e. The number of unbranched alkanes of at least 4 members (excludes halogenated alkanes) is 1. The number of H-pyrrole nitrogens is 1. The molecule has 0 radical (unpaired) electrons. The highest BCUT2D eigenvalue weighted by Crippen LogP contribution is 2.12. The van der Waals surface area contributed by atoms with Crippen molar-refractivity contribution in [3.8, 4) is 0 Å². The molecule has 1 fully saturated rings. The van der Waals surface area contributed by atoms with Gasteiger partial charge in [0.05, 0.1) is 6.04 Å². The van der Waals surface area contributed by atoms with Crippen molar-refractivity contribution in [2.75, 3.05) is 37.6 Å². The van der Waals surface area contributed by atoms with Crippen LogP contribution < -0.4 is 15.8 Å². The van der Waals surface area contributed by atoms with Crippen LogP contribution >= 0.6 is 0 Å². The van der Waals surface area contributed by atoms with Gasteiger partial charge in [0.15, 0.2) is 0 Å². The Morgan fingerprint density at radius 3 is 2.68 bits per heavy atom. The number of aromatic nitrogens is 2. The maximum absolute atomic E-state index is 12.1. The van der Waals surface area contributed by atoms with E-state index in [9.17, 15) is 9.59 Å². The van der Waals surface area contributed by atoms with Gasteiger partial charge >= 0.3 is 0 Å². The zero-order valence-electron chi connectivity index (χ0n) is 13.3. The molecule has 0 aliphatic carbocycles. The van der Waals surface area contributed by atoms with Crippen LogP contribution in [0.3, 0.4) is 0 Å². The molecule has 1 amide bonds. The maximum atomic E-state index is 12.1. The average Bonchev–Trinajstić information content (AvgIpc) is 2.55. The van der Waals surface area contributed by atoms with Gasteiger partial charge in [-0.05, 0) is 19.4 Å². The molecule has 2 rings (SSSR count). The number of rotatable bonds is 6. The van der Waals surface area contributed by atoms with E-state index in [1.807, 2.05) is 6.92 Å². The lowest BCUT2D eigenvalue weighted by molar-refractivity contribution is -0.126. The van der Waals surface area contributed by atoms with E-state index in [0.717, 1.165) is 51.4 Å². The minimum absolute atomic E-state index is 0.101. The standard InChI is InChI=1S/C15H25N5O2/c1-3-4-7-16-15(22)12(2)19-8-10-20(11-9-19)13-5-6-14(21)18-17-13/h5-6,12H,3-4,7-11H2,1-2H3,(H,16,22)(H,18,21). The number of hydrogen-bond acceptors (Lipinski definition) is 5. The summed E-state index contributed by atoms with van der Waals surface area (Å²) in [4.78, 5) is 27.4. The number of aromatic amines is 1. The molecule has 22 heavy (non-hydrogen) atoms. The van der Waals surface area contributed by atoms with Gasteiger partial charge in [0.2, 0.25) is 5.91 Å². The third-order valence-corrected chi connectivity index (χ3v) is 4.06. The van der Waals surface area contributed by atoms with Crippen molar-refractivity contribution in [2.45, 2.75) is 32.7 Å². The van der Waals surface area contributed by atoms with Crippen LogP contribution in [0.2, 0.25) is 0 Å². The van der Waals surface area contributed by atoms with Crippen molar-refractivity contribution < 1.29 is 4.79 Å². The van der Waals surface area contributed by atoms with Gasteiger partial charge in [-0.1, -0.05) is 13.3 Å². The summed E-state index contributed by atoms with van der Waals surface area (Å²) in [6, 6.07) is 3.11. The number of hydrogen-bond donors (Lipinski definition) is 2. The van der Waals surface area contributed by atoms with Crippen molar-refractivity contribution >= 4 is 11.7 Å². The second-order valence-electron chi connectivity index (χ2n) is 5.62. The van der Waals surface area contributed by atoms with Crippen LogP contribution in [0.5, 0.6) is 0 Å². The van der Waals surface area contributed by atoms with E-state index >= 15 is 0 Å². The molecule has 7 nitrogen and oxygen atoms in total. The summed E-state index contributed by atoms with van der Waals surface area (Å²) >= 11 is 0. The first-order valence-corrected chi connectivity index (χ1v) is 7.94. The molecular formula is C15H25N5O2. The minimum Gasteiger partial charge on any atom is -0.355 e. The third-order valence-electron chi connectivity index (χ3n) is 4.06. The Morgan fingerprint density at radius 2 is 2.09 bits per heavy atom. The lowest BCUT2D eigenvalue weighted by atomic mass is 10.2. The van der Waals surface area contributed by atoms with E-state index < -0.39 is 0 Å². The molecule has 1 aromatic heterocycles. The van der Waals surface area contributed by atoms with Crippen LogP contribution in [-0.2, 0) is 4.79 Å². The summed E-state index contributed by atoms with van der Waals surface area (Å²) in [5, 5.41) is 9.48. The summed E-state index contributed by atoms with van der Waals surface area (Å²) in [7, 11) is 0. The first-order chi connectivity index (χ1) is 10.6. The molecule has 2 heterocycles. The summed E-state index contributed by atoms with van der Waals surface area (Å²) in [6.07, 6.45) is 2.10. The Morgan fingerprint density at radius 1 is 1.36 bits per heavy atom. The van der Waals surface area contributed by atoms with E-state index in [0.29, 0.717) is 0 Å². The monoisotopic (exact) mass is 307 g/mol. The van der Waals surface area contributed by atoms with Crippen LogP contribution in [0.4, 0.5) is 5.82 Å². The molecule has 0 aromatic carbocycles. The highest BCUT2D eigenvalue weighted by molar-refractivity contribution is 5.81. The lowest BCUT2D eigenvalue weighted by Crippen LogP contribution is -2.54. The molecule has 0 spiro atoms. The molecule has 7 heteroatoms.